The van der Waals surface area contributed by atoms with E-state index in [2.05, 4.69) is 16.5 Å². The molecule has 12 nitrogen and oxygen atoms in total. The van der Waals surface area contributed by atoms with Gasteiger partial charge in [-0.15, -0.1) is 0 Å². The van der Waals surface area contributed by atoms with E-state index in [4.69, 9.17) is 19.0 Å². The van der Waals surface area contributed by atoms with Crippen molar-refractivity contribution in [3.05, 3.63) is 59.2 Å². The summed E-state index contributed by atoms with van der Waals surface area (Å²) >= 11 is 0. The third kappa shape index (κ3) is 6.53. The van der Waals surface area contributed by atoms with Gasteiger partial charge in [-0.05, 0) is 85.9 Å². The minimum atomic E-state index is -1.83. The number of amides is 2. The second kappa shape index (κ2) is 14.6. The quantitative estimate of drug-likeness (QED) is 0.154. The summed E-state index contributed by atoms with van der Waals surface area (Å²) in [6, 6.07) is 9.21. The van der Waals surface area contributed by atoms with E-state index in [9.17, 15) is 25.2 Å². The Hall–Kier alpha value is -4.00. The number of hydrogen-bond acceptors (Lipinski definition) is 10. The topological polar surface area (TPSA) is 163 Å². The molecule has 6 unspecified atom stereocenters. The van der Waals surface area contributed by atoms with Gasteiger partial charge in [0.25, 0.3) is 0 Å². The highest BCUT2D eigenvalue weighted by atomic mass is 16.7. The number of fused-ring (bicyclic) bond motifs is 3. The Morgan fingerprint density at radius 1 is 1.04 bits per heavy atom. The van der Waals surface area contributed by atoms with E-state index in [1.165, 1.54) is 4.90 Å². The minimum Gasteiger partial charge on any atom is -0.508 e. The predicted molar refractivity (Wildman–Crippen MR) is 177 cm³/mol. The van der Waals surface area contributed by atoms with Crippen LogP contribution in [0.5, 0.6) is 23.0 Å². The number of aliphatic hydroxyl groups excluding tert-OH is 2. The third-order valence-electron chi connectivity index (χ3n) is 10.2. The fourth-order valence-electron chi connectivity index (χ4n) is 8.00. The number of urea groups is 1. The molecule has 2 aromatic carbocycles. The number of nitrogens with one attached hydrogen (secondary N) is 1. The molecule has 6 rings (SSSR count). The minimum absolute atomic E-state index is 0.0252. The Morgan fingerprint density at radius 3 is 2.56 bits per heavy atom. The number of nitrogens with zero attached hydrogens (tertiary/aromatic N) is 2. The van der Waals surface area contributed by atoms with Gasteiger partial charge < -0.3 is 49.7 Å². The van der Waals surface area contributed by atoms with Crippen molar-refractivity contribution >= 4 is 11.7 Å². The molecule has 48 heavy (non-hydrogen) atoms. The predicted octanol–water partition coefficient (Wildman–Crippen LogP) is 4.41. The van der Waals surface area contributed by atoms with Gasteiger partial charge in [0.15, 0.2) is 11.5 Å². The van der Waals surface area contributed by atoms with Crippen molar-refractivity contribution in [2.75, 3.05) is 33.7 Å². The lowest BCUT2D eigenvalue weighted by atomic mass is 9.55. The van der Waals surface area contributed by atoms with Crippen molar-refractivity contribution in [1.29, 1.82) is 0 Å². The van der Waals surface area contributed by atoms with Gasteiger partial charge in [-0.25, -0.2) is 4.79 Å². The maximum Gasteiger partial charge on any atom is 0.317 e. The van der Waals surface area contributed by atoms with Crippen molar-refractivity contribution < 1.29 is 44.3 Å². The van der Waals surface area contributed by atoms with Crippen LogP contribution in [0.3, 0.4) is 0 Å². The van der Waals surface area contributed by atoms with Gasteiger partial charge >= 0.3 is 6.03 Å². The Labute approximate surface area is 280 Å². The zero-order valence-corrected chi connectivity index (χ0v) is 27.6. The maximum atomic E-state index is 13.8. The molecule has 1 saturated carbocycles. The van der Waals surface area contributed by atoms with Crippen LogP contribution in [0.4, 0.5) is 4.79 Å². The highest BCUT2D eigenvalue weighted by Crippen LogP contribution is 2.60. The number of allylic oxidation sites excluding steroid dienone is 1. The zero-order chi connectivity index (χ0) is 33.8. The summed E-state index contributed by atoms with van der Waals surface area (Å²) in [6.07, 6.45) is 6.89. The highest BCUT2D eigenvalue weighted by Gasteiger charge is 2.63. The van der Waals surface area contributed by atoms with E-state index in [-0.39, 0.29) is 56.5 Å². The van der Waals surface area contributed by atoms with E-state index in [0.717, 1.165) is 42.4 Å². The number of unbranched alkanes of at least 4 members (excludes halogenated alkanes) is 2. The molecule has 2 aromatic rings. The fourth-order valence-corrected chi connectivity index (χ4v) is 8.00. The van der Waals surface area contributed by atoms with Crippen LogP contribution in [0.2, 0.25) is 0 Å². The monoisotopic (exact) mass is 665 g/mol. The van der Waals surface area contributed by atoms with Gasteiger partial charge in [-0.2, -0.15) is 0 Å². The molecule has 0 saturated heterocycles. The standard InChI is InChI=1S/C36H47N3O9/c1-3-47-38-28-19-32(39(2)35(43)37-20-22-10-12-30-31(16-22)46-21-45-30)36(44)34-26(28)17-23(8-4-6-14-40)25(9-5-7-15-41)33(34)27-18-24(42)11-13-29(27)48-36/h10-13,16-18,23,25,32-34,40-42,44H,3-9,14-15,19-21H2,1-2H3,(H,37,43). The summed E-state index contributed by atoms with van der Waals surface area (Å²) in [6.45, 7) is 2.78. The van der Waals surface area contributed by atoms with Crippen LogP contribution in [-0.2, 0) is 11.4 Å². The van der Waals surface area contributed by atoms with Crippen LogP contribution in [-0.4, -0.2) is 82.6 Å². The van der Waals surface area contributed by atoms with Gasteiger partial charge in [0.2, 0.25) is 12.6 Å². The van der Waals surface area contributed by atoms with E-state index in [0.29, 0.717) is 42.4 Å². The molecule has 6 atom stereocenters. The third-order valence-corrected chi connectivity index (χ3v) is 10.2. The lowest BCUT2D eigenvalue weighted by Crippen LogP contribution is -2.69. The van der Waals surface area contributed by atoms with Crippen LogP contribution in [0.25, 0.3) is 0 Å². The summed E-state index contributed by atoms with van der Waals surface area (Å²) in [5, 5.41) is 50.2. The molecule has 4 aliphatic rings. The fraction of sp³-hybridized carbons (Fsp3) is 0.556. The van der Waals surface area contributed by atoms with Crippen LogP contribution in [0, 0.1) is 17.8 Å². The van der Waals surface area contributed by atoms with Crippen molar-refractivity contribution in [3.63, 3.8) is 0 Å². The molecule has 2 heterocycles. The van der Waals surface area contributed by atoms with Gasteiger partial charge in [-0.1, -0.05) is 30.1 Å². The average Bonchev–Trinajstić information content (AvgIpc) is 3.56. The summed E-state index contributed by atoms with van der Waals surface area (Å²) in [5.74, 6) is -0.796. The molecule has 2 amide bonds. The average molecular weight is 666 g/mol. The van der Waals surface area contributed by atoms with Crippen LogP contribution in [0.15, 0.2) is 53.2 Å². The number of likely N-dealkylation sites (N-methyl/N-ethyl adjacent to an activating group) is 1. The van der Waals surface area contributed by atoms with E-state index >= 15 is 0 Å². The Balaban J connectivity index is 1.38. The van der Waals surface area contributed by atoms with Crippen molar-refractivity contribution in [1.82, 2.24) is 10.2 Å². The molecular formula is C36H47N3O9. The maximum absolute atomic E-state index is 13.8. The number of ether oxygens (including phenoxy) is 3. The van der Waals surface area contributed by atoms with Crippen molar-refractivity contribution in [3.8, 4) is 23.0 Å². The Kier molecular flexibility index (Phi) is 10.3. The molecule has 260 valence electrons. The molecule has 2 aliphatic heterocycles. The molecule has 5 N–H and O–H groups in total. The molecule has 0 radical (unpaired) electrons. The van der Waals surface area contributed by atoms with E-state index in [1.807, 2.05) is 25.1 Å². The first kappa shape index (κ1) is 33.9. The normalized spacial score (nSPS) is 27.4. The molecule has 1 fully saturated rings. The lowest BCUT2D eigenvalue weighted by Gasteiger charge is -2.58. The SMILES string of the molecule is CCON=C1CC(N(C)C(=O)NCc2ccc3c(c2)OCO3)C2(O)Oc3ccc(O)cc3C3C(CCCCO)C(CCCCO)C=C1C32. The highest BCUT2D eigenvalue weighted by molar-refractivity contribution is 6.03. The largest absolute Gasteiger partial charge is 0.508 e. The number of phenolic OH excluding ortho intramolecular Hbond substituents is 1. The number of phenols is 1. The summed E-state index contributed by atoms with van der Waals surface area (Å²) < 4.78 is 17.4. The Morgan fingerprint density at radius 2 is 1.79 bits per heavy atom. The number of hydrogen-bond donors (Lipinski definition) is 5. The first-order valence-electron chi connectivity index (χ1n) is 17.0. The van der Waals surface area contributed by atoms with E-state index in [1.54, 1.807) is 25.2 Å². The van der Waals surface area contributed by atoms with Gasteiger partial charge in [-0.3, -0.25) is 0 Å². The smallest absolute Gasteiger partial charge is 0.317 e. The van der Waals surface area contributed by atoms with Crippen molar-refractivity contribution in [2.45, 2.75) is 76.2 Å². The first-order chi connectivity index (χ1) is 23.3. The number of benzene rings is 2. The lowest BCUT2D eigenvalue weighted by molar-refractivity contribution is -0.226. The van der Waals surface area contributed by atoms with Gasteiger partial charge in [0, 0.05) is 44.7 Å². The number of aliphatic hydroxyl groups is 3. The first-order valence-corrected chi connectivity index (χ1v) is 17.0. The van der Waals surface area contributed by atoms with Gasteiger partial charge in [0.1, 0.15) is 24.1 Å². The van der Waals surface area contributed by atoms with Crippen LogP contribution in [0.1, 0.15) is 68.9 Å². The number of carbonyl (C=O) groups excluding carboxylic acids is 1. The molecule has 0 aromatic heterocycles. The van der Waals surface area contributed by atoms with E-state index < -0.39 is 23.8 Å². The Bertz CT molecular complexity index is 1530. The second-order valence-corrected chi connectivity index (χ2v) is 13.1. The summed E-state index contributed by atoms with van der Waals surface area (Å²) in [5.41, 5.74) is 3.09. The summed E-state index contributed by atoms with van der Waals surface area (Å²) in [7, 11) is 1.65. The molecule has 2 aliphatic carbocycles. The van der Waals surface area contributed by atoms with Crippen LogP contribution >= 0.6 is 0 Å². The van der Waals surface area contributed by atoms with Crippen molar-refractivity contribution in [2.24, 2.45) is 22.9 Å². The number of oxime groups is 1. The molecule has 0 spiro atoms. The zero-order valence-electron chi connectivity index (χ0n) is 27.6. The van der Waals surface area contributed by atoms with Gasteiger partial charge in [0.05, 0.1) is 11.6 Å². The number of carbonyl (C=O) groups is 1. The number of rotatable bonds is 13. The molecule has 0 bridgehead atoms. The van der Waals surface area contributed by atoms with Crippen LogP contribution < -0.4 is 19.5 Å². The summed E-state index contributed by atoms with van der Waals surface area (Å²) in [4.78, 5) is 20.9. The molecular weight excluding hydrogens is 618 g/mol. The second-order valence-electron chi connectivity index (χ2n) is 13.1. The molecule has 12 heteroatoms. The number of aromatic hydroxyl groups is 1.